The Morgan fingerprint density at radius 2 is 2.04 bits per heavy atom. The molecule has 0 amide bonds. The molecule has 1 aliphatic rings. The molecule has 2 aromatic carbocycles. The molecule has 3 rings (SSSR count). The Morgan fingerprint density at radius 1 is 1.23 bits per heavy atom. The molecule has 0 unspecified atom stereocenters. The summed E-state index contributed by atoms with van der Waals surface area (Å²) in [5.74, 6) is 0.760. The molecule has 1 aliphatic heterocycles. The van der Waals surface area contributed by atoms with E-state index in [4.69, 9.17) is 24.3 Å². The quantitative estimate of drug-likeness (QED) is 0.451. The van der Waals surface area contributed by atoms with Crippen molar-refractivity contribution in [2.75, 3.05) is 13.4 Å². The average Bonchev–Trinajstić information content (AvgIpc) is 3.14. The normalized spacial score (nSPS) is 12.4. The van der Waals surface area contributed by atoms with Crippen molar-refractivity contribution in [1.82, 2.24) is 0 Å². The van der Waals surface area contributed by atoms with Crippen LogP contribution in [0, 0.1) is 11.3 Å². The molecular weight excluding hydrogens is 336 g/mol. The number of nitrogens with zero attached hydrogens (tertiary/aromatic N) is 2. The highest BCUT2D eigenvalue weighted by Gasteiger charge is 2.14. The Bertz CT molecular complexity index is 886. The summed E-state index contributed by atoms with van der Waals surface area (Å²) < 4.78 is 15.7. The fourth-order valence-electron chi connectivity index (χ4n) is 2.31. The van der Waals surface area contributed by atoms with Crippen LogP contribution in [0.5, 0.6) is 11.5 Å². The van der Waals surface area contributed by atoms with Crippen LogP contribution < -0.4 is 9.47 Å². The van der Waals surface area contributed by atoms with Crippen molar-refractivity contribution in [2.24, 2.45) is 5.16 Å². The van der Waals surface area contributed by atoms with Gasteiger partial charge in [0.25, 0.3) is 0 Å². The van der Waals surface area contributed by atoms with Gasteiger partial charge in [-0.1, -0.05) is 23.4 Å². The maximum Gasteiger partial charge on any atom is 0.347 e. The fourth-order valence-corrected chi connectivity index (χ4v) is 2.31. The van der Waals surface area contributed by atoms with Crippen molar-refractivity contribution in [3.05, 3.63) is 59.2 Å². The lowest BCUT2D eigenvalue weighted by Crippen LogP contribution is -2.12. The highest BCUT2D eigenvalue weighted by molar-refractivity contribution is 5.99. The molecule has 7 heteroatoms. The predicted molar refractivity (Wildman–Crippen MR) is 91.7 cm³/mol. The first-order chi connectivity index (χ1) is 12.7. The number of benzene rings is 2. The number of esters is 1. The van der Waals surface area contributed by atoms with E-state index >= 15 is 0 Å². The minimum absolute atomic E-state index is 0.0107. The van der Waals surface area contributed by atoms with E-state index in [9.17, 15) is 4.79 Å². The molecule has 0 aliphatic carbocycles. The molecule has 0 saturated carbocycles. The van der Waals surface area contributed by atoms with Crippen LogP contribution in [0.25, 0.3) is 0 Å². The molecule has 0 N–H and O–H groups in total. The molecule has 26 heavy (non-hydrogen) atoms. The molecule has 7 nitrogen and oxygen atoms in total. The second-order valence-electron chi connectivity index (χ2n) is 5.45. The summed E-state index contributed by atoms with van der Waals surface area (Å²) in [7, 11) is 0. The van der Waals surface area contributed by atoms with Gasteiger partial charge in [-0.25, -0.2) is 4.79 Å². The largest absolute Gasteiger partial charge is 0.458 e. The van der Waals surface area contributed by atoms with Crippen LogP contribution in [-0.4, -0.2) is 25.1 Å². The second-order valence-corrected chi connectivity index (χ2v) is 5.45. The Morgan fingerprint density at radius 3 is 2.88 bits per heavy atom. The average molecular weight is 352 g/mol. The number of carbonyl (C=O) groups excluding carboxylic acids is 1. The molecule has 0 aromatic heterocycles. The van der Waals surface area contributed by atoms with E-state index < -0.39 is 5.97 Å². The van der Waals surface area contributed by atoms with Crippen LogP contribution in [0.1, 0.15) is 23.6 Å². The van der Waals surface area contributed by atoms with Gasteiger partial charge in [0.15, 0.2) is 11.5 Å². The van der Waals surface area contributed by atoms with Gasteiger partial charge in [0.1, 0.15) is 6.61 Å². The van der Waals surface area contributed by atoms with E-state index in [1.165, 1.54) is 0 Å². The molecule has 1 heterocycles. The highest BCUT2D eigenvalue weighted by Crippen LogP contribution is 2.32. The zero-order chi connectivity index (χ0) is 18.4. The molecule has 0 atom stereocenters. The maximum atomic E-state index is 11.8. The van der Waals surface area contributed by atoms with Crippen molar-refractivity contribution in [3.8, 4) is 17.6 Å². The first-order valence-electron chi connectivity index (χ1n) is 7.87. The Labute approximate surface area is 150 Å². The third kappa shape index (κ3) is 4.11. The summed E-state index contributed by atoms with van der Waals surface area (Å²) in [6, 6.07) is 14.4. The monoisotopic (exact) mass is 352 g/mol. The number of rotatable bonds is 6. The van der Waals surface area contributed by atoms with Gasteiger partial charge in [-0.05, 0) is 31.2 Å². The molecular formula is C19H16N2O5. The summed E-state index contributed by atoms with van der Waals surface area (Å²) in [5.41, 5.74) is 2.50. The molecule has 0 spiro atoms. The zero-order valence-corrected chi connectivity index (χ0v) is 14.1. The van der Waals surface area contributed by atoms with E-state index in [0.717, 1.165) is 5.56 Å². The standard InChI is InChI=1S/C19H16N2O5/c1-13(14-6-7-17-18(8-14)25-12-24-17)21-26-11-19(22)23-10-16-5-3-2-4-15(16)9-20/h2-8H,10-12H2,1H3/b21-13-. The Kier molecular flexibility index (Phi) is 5.34. The molecule has 0 saturated heterocycles. The van der Waals surface area contributed by atoms with Crippen LogP contribution in [0.4, 0.5) is 0 Å². The number of carbonyl (C=O) groups is 1. The second kappa shape index (κ2) is 8.03. The summed E-state index contributed by atoms with van der Waals surface area (Å²) in [6.07, 6.45) is 0. The van der Waals surface area contributed by atoms with Gasteiger partial charge in [-0.15, -0.1) is 0 Å². The lowest BCUT2D eigenvalue weighted by molar-refractivity contribution is -0.150. The number of hydrogen-bond donors (Lipinski definition) is 0. The SMILES string of the molecule is C/C(=N/OCC(=O)OCc1ccccc1C#N)c1ccc2c(c1)OCO2. The maximum absolute atomic E-state index is 11.8. The minimum atomic E-state index is -0.569. The topological polar surface area (TPSA) is 90.1 Å². The Balaban J connectivity index is 1.50. The van der Waals surface area contributed by atoms with Gasteiger partial charge >= 0.3 is 5.97 Å². The first kappa shape index (κ1) is 17.3. The fraction of sp³-hybridized carbons (Fsp3) is 0.211. The van der Waals surface area contributed by atoms with E-state index in [1.54, 1.807) is 43.3 Å². The van der Waals surface area contributed by atoms with Crippen LogP contribution >= 0.6 is 0 Å². The van der Waals surface area contributed by atoms with Gasteiger partial charge in [-0.2, -0.15) is 5.26 Å². The molecule has 132 valence electrons. The van der Waals surface area contributed by atoms with Crippen LogP contribution in [0.15, 0.2) is 47.6 Å². The molecule has 2 aromatic rings. The first-order valence-corrected chi connectivity index (χ1v) is 7.87. The van der Waals surface area contributed by atoms with Crippen molar-refractivity contribution < 1.29 is 23.8 Å². The lowest BCUT2D eigenvalue weighted by atomic mass is 10.1. The van der Waals surface area contributed by atoms with Crippen molar-refractivity contribution in [2.45, 2.75) is 13.5 Å². The van der Waals surface area contributed by atoms with Gasteiger partial charge in [0.2, 0.25) is 13.4 Å². The lowest BCUT2D eigenvalue weighted by Gasteiger charge is -2.06. The van der Waals surface area contributed by atoms with E-state index in [2.05, 4.69) is 5.16 Å². The van der Waals surface area contributed by atoms with Crippen LogP contribution in [-0.2, 0) is 21.0 Å². The molecule has 0 radical (unpaired) electrons. The van der Waals surface area contributed by atoms with E-state index in [0.29, 0.717) is 28.3 Å². The number of nitriles is 1. The van der Waals surface area contributed by atoms with Crippen LogP contribution in [0.3, 0.4) is 0 Å². The zero-order valence-electron chi connectivity index (χ0n) is 14.1. The van der Waals surface area contributed by atoms with Crippen LogP contribution in [0.2, 0.25) is 0 Å². The van der Waals surface area contributed by atoms with Crippen molar-refractivity contribution >= 4 is 11.7 Å². The predicted octanol–water partition coefficient (Wildman–Crippen LogP) is 2.77. The van der Waals surface area contributed by atoms with Crippen molar-refractivity contribution in [1.29, 1.82) is 5.26 Å². The summed E-state index contributed by atoms with van der Waals surface area (Å²) in [6.45, 7) is 1.64. The number of oxime groups is 1. The smallest absolute Gasteiger partial charge is 0.347 e. The third-order valence-corrected chi connectivity index (χ3v) is 3.70. The van der Waals surface area contributed by atoms with Gasteiger partial charge < -0.3 is 19.0 Å². The van der Waals surface area contributed by atoms with E-state index in [1.807, 2.05) is 12.1 Å². The number of fused-ring (bicyclic) bond motifs is 1. The van der Waals surface area contributed by atoms with Gasteiger partial charge in [0.05, 0.1) is 17.3 Å². The molecule has 0 fully saturated rings. The highest BCUT2D eigenvalue weighted by atomic mass is 16.7. The molecule has 0 bridgehead atoms. The van der Waals surface area contributed by atoms with Gasteiger partial charge in [0, 0.05) is 11.1 Å². The third-order valence-electron chi connectivity index (χ3n) is 3.70. The van der Waals surface area contributed by atoms with Gasteiger partial charge in [-0.3, -0.25) is 0 Å². The summed E-state index contributed by atoms with van der Waals surface area (Å²) in [4.78, 5) is 16.8. The number of hydrogen-bond acceptors (Lipinski definition) is 7. The van der Waals surface area contributed by atoms with E-state index in [-0.39, 0.29) is 20.0 Å². The summed E-state index contributed by atoms with van der Waals surface area (Å²) >= 11 is 0. The van der Waals surface area contributed by atoms with Crippen molar-refractivity contribution in [3.63, 3.8) is 0 Å². The minimum Gasteiger partial charge on any atom is -0.458 e. The Hall–Kier alpha value is -3.53. The number of ether oxygens (including phenoxy) is 3. The summed E-state index contributed by atoms with van der Waals surface area (Å²) in [5, 5.41) is 12.9.